The highest BCUT2D eigenvalue weighted by Crippen LogP contribution is 2.42. The first-order chi connectivity index (χ1) is 14.4. The van der Waals surface area contributed by atoms with Crippen molar-refractivity contribution in [3.05, 3.63) is 24.0 Å². The van der Waals surface area contributed by atoms with E-state index in [-0.39, 0.29) is 17.6 Å². The van der Waals surface area contributed by atoms with Gasteiger partial charge in [-0.1, -0.05) is 45.4 Å². The summed E-state index contributed by atoms with van der Waals surface area (Å²) in [5.74, 6) is 2.00. The topological polar surface area (TPSA) is 39.2 Å². The Morgan fingerprint density at radius 3 is 2.17 bits per heavy atom. The SMILES string of the molecule is CCCCC[C@H]1CC[C@H](C2CCC(C(=O)Oc3ccc(C(F)(F)F)nc3)CC2)CC1. The smallest absolute Gasteiger partial charge is 0.425 e. The minimum Gasteiger partial charge on any atom is -0.425 e. The first-order valence-electron chi connectivity index (χ1n) is 11.6. The molecule has 0 bridgehead atoms. The molecule has 0 atom stereocenters. The van der Waals surface area contributed by atoms with E-state index in [2.05, 4.69) is 11.9 Å². The van der Waals surface area contributed by atoms with E-state index in [1.54, 1.807) is 0 Å². The van der Waals surface area contributed by atoms with Crippen LogP contribution in [0.4, 0.5) is 13.2 Å². The second-order valence-electron chi connectivity index (χ2n) is 9.19. The minimum atomic E-state index is -4.49. The number of nitrogens with zero attached hydrogens (tertiary/aromatic N) is 1. The Kier molecular flexibility index (Phi) is 8.18. The summed E-state index contributed by atoms with van der Waals surface area (Å²) in [6.07, 6.45) is 11.0. The summed E-state index contributed by atoms with van der Waals surface area (Å²) in [5.41, 5.74) is -0.983. The molecular formula is C24H34F3NO2. The lowest BCUT2D eigenvalue weighted by Gasteiger charge is -2.37. The van der Waals surface area contributed by atoms with Crippen LogP contribution in [0.25, 0.3) is 0 Å². The van der Waals surface area contributed by atoms with E-state index in [4.69, 9.17) is 4.74 Å². The van der Waals surface area contributed by atoms with Crippen molar-refractivity contribution >= 4 is 5.97 Å². The maximum atomic E-state index is 12.6. The molecule has 0 aromatic carbocycles. The van der Waals surface area contributed by atoms with E-state index in [0.717, 1.165) is 55.8 Å². The number of hydrogen-bond acceptors (Lipinski definition) is 3. The molecule has 30 heavy (non-hydrogen) atoms. The molecule has 0 unspecified atom stereocenters. The molecule has 0 spiro atoms. The average molecular weight is 426 g/mol. The summed E-state index contributed by atoms with van der Waals surface area (Å²) in [5, 5.41) is 0. The van der Waals surface area contributed by atoms with Crippen molar-refractivity contribution in [1.29, 1.82) is 0 Å². The van der Waals surface area contributed by atoms with Crippen LogP contribution in [0.15, 0.2) is 18.3 Å². The first-order valence-corrected chi connectivity index (χ1v) is 11.6. The molecule has 2 aliphatic rings. The highest BCUT2D eigenvalue weighted by molar-refractivity contribution is 5.75. The molecule has 3 nitrogen and oxygen atoms in total. The lowest BCUT2D eigenvalue weighted by molar-refractivity contribution is -0.141. The second kappa shape index (κ2) is 10.6. The molecule has 3 rings (SSSR count). The van der Waals surface area contributed by atoms with Gasteiger partial charge in [-0.05, 0) is 68.4 Å². The summed E-state index contributed by atoms with van der Waals surface area (Å²) in [6, 6.07) is 2.01. The number of esters is 1. The van der Waals surface area contributed by atoms with E-state index in [0.29, 0.717) is 5.92 Å². The van der Waals surface area contributed by atoms with E-state index >= 15 is 0 Å². The van der Waals surface area contributed by atoms with E-state index in [1.807, 2.05) is 0 Å². The molecule has 1 heterocycles. The number of hydrogen-bond donors (Lipinski definition) is 0. The van der Waals surface area contributed by atoms with Gasteiger partial charge in [0.2, 0.25) is 0 Å². The van der Waals surface area contributed by atoms with Gasteiger partial charge in [0.1, 0.15) is 11.4 Å². The molecule has 6 heteroatoms. The second-order valence-corrected chi connectivity index (χ2v) is 9.19. The third-order valence-corrected chi connectivity index (χ3v) is 7.12. The monoisotopic (exact) mass is 425 g/mol. The van der Waals surface area contributed by atoms with E-state index in [9.17, 15) is 18.0 Å². The number of carbonyl (C=O) groups excluding carboxylic acids is 1. The van der Waals surface area contributed by atoms with Gasteiger partial charge in [-0.15, -0.1) is 0 Å². The Morgan fingerprint density at radius 1 is 1.00 bits per heavy atom. The van der Waals surface area contributed by atoms with Crippen LogP contribution >= 0.6 is 0 Å². The third kappa shape index (κ3) is 6.45. The zero-order valence-corrected chi connectivity index (χ0v) is 17.9. The summed E-state index contributed by atoms with van der Waals surface area (Å²) >= 11 is 0. The average Bonchev–Trinajstić information content (AvgIpc) is 2.74. The van der Waals surface area contributed by atoms with Crippen molar-refractivity contribution in [2.75, 3.05) is 0 Å². The molecule has 0 radical (unpaired) electrons. The quantitative estimate of drug-likeness (QED) is 0.342. The summed E-state index contributed by atoms with van der Waals surface area (Å²) in [4.78, 5) is 15.8. The van der Waals surface area contributed by atoms with Gasteiger partial charge in [0, 0.05) is 0 Å². The van der Waals surface area contributed by atoms with Crippen molar-refractivity contribution < 1.29 is 22.7 Å². The minimum absolute atomic E-state index is 0.0801. The van der Waals surface area contributed by atoms with Crippen molar-refractivity contribution in [3.8, 4) is 5.75 Å². The van der Waals surface area contributed by atoms with Gasteiger partial charge in [-0.25, -0.2) is 4.98 Å². The van der Waals surface area contributed by atoms with Crippen molar-refractivity contribution in [1.82, 2.24) is 4.98 Å². The zero-order chi connectivity index (χ0) is 21.6. The molecule has 1 aromatic heterocycles. The fraction of sp³-hybridized carbons (Fsp3) is 0.750. The van der Waals surface area contributed by atoms with Crippen molar-refractivity contribution in [2.24, 2.45) is 23.7 Å². The van der Waals surface area contributed by atoms with E-state index < -0.39 is 11.9 Å². The fourth-order valence-electron chi connectivity index (χ4n) is 5.27. The zero-order valence-electron chi connectivity index (χ0n) is 17.9. The lowest BCUT2D eigenvalue weighted by atomic mass is 9.68. The van der Waals surface area contributed by atoms with Crippen LogP contribution in [0.1, 0.15) is 89.7 Å². The van der Waals surface area contributed by atoms with Crippen LogP contribution < -0.4 is 4.74 Å². The summed E-state index contributed by atoms with van der Waals surface area (Å²) < 4.78 is 43.0. The number of alkyl halides is 3. The van der Waals surface area contributed by atoms with Gasteiger partial charge in [0.05, 0.1) is 12.1 Å². The summed E-state index contributed by atoms with van der Waals surface area (Å²) in [6.45, 7) is 2.25. The van der Waals surface area contributed by atoms with Crippen LogP contribution in [0.2, 0.25) is 0 Å². The molecule has 2 fully saturated rings. The molecule has 1 aromatic rings. The van der Waals surface area contributed by atoms with Crippen LogP contribution in [0.5, 0.6) is 5.75 Å². The third-order valence-electron chi connectivity index (χ3n) is 7.12. The molecule has 0 aliphatic heterocycles. The van der Waals surface area contributed by atoms with Crippen molar-refractivity contribution in [3.63, 3.8) is 0 Å². The highest BCUT2D eigenvalue weighted by atomic mass is 19.4. The molecule has 0 N–H and O–H groups in total. The van der Waals surface area contributed by atoms with Crippen LogP contribution in [0, 0.1) is 23.7 Å². The number of rotatable bonds is 7. The maximum absolute atomic E-state index is 12.6. The summed E-state index contributed by atoms with van der Waals surface area (Å²) in [7, 11) is 0. The molecule has 2 aliphatic carbocycles. The predicted octanol–water partition coefficient (Wildman–Crippen LogP) is 7.20. The molecule has 0 amide bonds. The number of unbranched alkanes of at least 4 members (excludes halogenated alkanes) is 2. The number of carbonyl (C=O) groups is 1. The van der Waals surface area contributed by atoms with Crippen LogP contribution in [-0.2, 0) is 11.0 Å². The first kappa shape index (κ1) is 23.1. The Bertz CT molecular complexity index is 658. The van der Waals surface area contributed by atoms with Gasteiger partial charge in [-0.2, -0.15) is 13.2 Å². The van der Waals surface area contributed by atoms with Gasteiger partial charge in [0.25, 0.3) is 0 Å². The fourth-order valence-corrected chi connectivity index (χ4v) is 5.27. The largest absolute Gasteiger partial charge is 0.433 e. The standard InChI is InChI=1S/C24H34F3NO2/c1-2-3-4-5-17-6-8-18(9-7-17)19-10-12-20(13-11-19)23(29)30-21-14-15-22(28-16-21)24(25,26)27/h14-20H,2-13H2,1H3/t17-,18-,19?,20?. The Hall–Kier alpha value is -1.59. The molecule has 2 saturated carbocycles. The number of halogens is 3. The normalized spacial score (nSPS) is 27.6. The number of aromatic nitrogens is 1. The van der Waals surface area contributed by atoms with Crippen molar-refractivity contribution in [2.45, 2.75) is 90.1 Å². The highest BCUT2D eigenvalue weighted by Gasteiger charge is 2.34. The van der Waals surface area contributed by atoms with Gasteiger partial charge in [0.15, 0.2) is 0 Å². The molecule has 168 valence electrons. The number of ether oxygens (including phenoxy) is 1. The van der Waals surface area contributed by atoms with Gasteiger partial charge < -0.3 is 4.74 Å². The maximum Gasteiger partial charge on any atom is 0.433 e. The van der Waals surface area contributed by atoms with Gasteiger partial charge in [-0.3, -0.25) is 4.79 Å². The Balaban J connectivity index is 1.39. The predicted molar refractivity (Wildman–Crippen MR) is 110 cm³/mol. The lowest BCUT2D eigenvalue weighted by Crippen LogP contribution is -2.30. The van der Waals surface area contributed by atoms with Crippen LogP contribution in [-0.4, -0.2) is 11.0 Å². The van der Waals surface area contributed by atoms with E-state index in [1.165, 1.54) is 51.4 Å². The number of pyridine rings is 1. The van der Waals surface area contributed by atoms with Gasteiger partial charge >= 0.3 is 12.1 Å². The van der Waals surface area contributed by atoms with Crippen LogP contribution in [0.3, 0.4) is 0 Å². The molecular weight excluding hydrogens is 391 g/mol. The Morgan fingerprint density at radius 2 is 1.63 bits per heavy atom. The Labute approximate surface area is 177 Å². The molecule has 0 saturated heterocycles.